The molecule has 1 saturated heterocycles. The summed E-state index contributed by atoms with van der Waals surface area (Å²) in [4.78, 5) is 25.1. The number of nitrogens with zero attached hydrogens (tertiary/aromatic N) is 2. The fraction of sp³-hybridized carbons (Fsp3) is 0.211. The number of phenols is 1. The molecule has 1 heterocycles. The largest absolute Gasteiger partial charge is 0.504 e. The van der Waals surface area contributed by atoms with E-state index in [9.17, 15) is 14.7 Å². The van der Waals surface area contributed by atoms with Gasteiger partial charge in [-0.3, -0.25) is 4.79 Å². The maximum atomic E-state index is 12.8. The van der Waals surface area contributed by atoms with Crippen LogP contribution in [0.1, 0.15) is 18.1 Å². The Morgan fingerprint density at radius 3 is 2.44 bits per heavy atom. The van der Waals surface area contributed by atoms with Crippen LogP contribution in [0, 0.1) is 0 Å². The van der Waals surface area contributed by atoms with Crippen molar-refractivity contribution in [3.63, 3.8) is 0 Å². The van der Waals surface area contributed by atoms with Crippen LogP contribution in [0.5, 0.6) is 17.2 Å². The summed E-state index contributed by atoms with van der Waals surface area (Å²) in [5, 5.41) is 17.1. The summed E-state index contributed by atoms with van der Waals surface area (Å²) in [7, 11) is 2.97. The second kappa shape index (κ2) is 6.99. The molecule has 3 rings (SSSR count). The van der Waals surface area contributed by atoms with E-state index in [1.165, 1.54) is 19.4 Å². The van der Waals surface area contributed by atoms with Crippen LogP contribution >= 0.6 is 0 Å². The number of aromatic hydroxyl groups is 1. The standard InChI is InChI=1S/C19H19N3O5/c1-19(13-5-7-14(26-2)8-6-13)17(24)22(18(25)21-19)20-11-12-4-9-15(23)16(10-12)27-3/h4-11,23H,1-3H3,(H,21,25)/t19-/m1/s1. The van der Waals surface area contributed by atoms with E-state index in [1.807, 2.05) is 0 Å². The van der Waals surface area contributed by atoms with Crippen LogP contribution in [0.25, 0.3) is 0 Å². The molecule has 0 unspecified atom stereocenters. The first-order chi connectivity index (χ1) is 12.9. The molecule has 2 aromatic carbocycles. The van der Waals surface area contributed by atoms with E-state index in [4.69, 9.17) is 9.47 Å². The van der Waals surface area contributed by atoms with Crippen molar-refractivity contribution in [3.8, 4) is 17.2 Å². The highest BCUT2D eigenvalue weighted by Gasteiger charge is 2.49. The van der Waals surface area contributed by atoms with Crippen LogP contribution in [-0.2, 0) is 10.3 Å². The minimum atomic E-state index is -1.23. The van der Waals surface area contributed by atoms with Crippen molar-refractivity contribution in [3.05, 3.63) is 53.6 Å². The van der Waals surface area contributed by atoms with Gasteiger partial charge in [-0.05, 0) is 48.4 Å². The zero-order valence-electron chi connectivity index (χ0n) is 15.1. The molecule has 0 radical (unpaired) electrons. The molecule has 8 heteroatoms. The SMILES string of the molecule is COc1ccc([C@@]2(C)NC(=O)N(N=Cc3ccc(O)c(OC)c3)C2=O)cc1. The van der Waals surface area contributed by atoms with Gasteiger partial charge < -0.3 is 19.9 Å². The maximum Gasteiger partial charge on any atom is 0.346 e. The second-order valence-corrected chi connectivity index (χ2v) is 6.08. The first-order valence-electron chi connectivity index (χ1n) is 8.11. The van der Waals surface area contributed by atoms with Crippen LogP contribution in [0.2, 0.25) is 0 Å². The normalized spacial score (nSPS) is 19.4. The first kappa shape index (κ1) is 18.2. The number of urea groups is 1. The van der Waals surface area contributed by atoms with Crippen molar-refractivity contribution in [2.45, 2.75) is 12.5 Å². The molecular formula is C19H19N3O5. The van der Waals surface area contributed by atoms with Crippen LogP contribution < -0.4 is 14.8 Å². The highest BCUT2D eigenvalue weighted by molar-refractivity contribution is 6.07. The zero-order chi connectivity index (χ0) is 19.6. The average molecular weight is 369 g/mol. The Morgan fingerprint density at radius 1 is 1.11 bits per heavy atom. The molecule has 8 nitrogen and oxygen atoms in total. The Hall–Kier alpha value is -3.55. The summed E-state index contributed by atoms with van der Waals surface area (Å²) in [6, 6.07) is 10.8. The Balaban J connectivity index is 1.85. The number of hydrogen-bond donors (Lipinski definition) is 2. The third kappa shape index (κ3) is 3.29. The number of imide groups is 1. The summed E-state index contributed by atoms with van der Waals surface area (Å²) >= 11 is 0. The van der Waals surface area contributed by atoms with Gasteiger partial charge in [0.1, 0.15) is 11.3 Å². The third-order valence-electron chi connectivity index (χ3n) is 4.36. The van der Waals surface area contributed by atoms with E-state index >= 15 is 0 Å². The van der Waals surface area contributed by atoms with Gasteiger partial charge in [0.15, 0.2) is 11.5 Å². The van der Waals surface area contributed by atoms with Crippen LogP contribution in [0.3, 0.4) is 0 Å². The number of rotatable bonds is 5. The molecular weight excluding hydrogens is 350 g/mol. The van der Waals surface area contributed by atoms with Crippen molar-refractivity contribution in [2.24, 2.45) is 5.10 Å². The number of benzene rings is 2. The molecule has 1 fully saturated rings. The van der Waals surface area contributed by atoms with Gasteiger partial charge >= 0.3 is 6.03 Å². The topological polar surface area (TPSA) is 100 Å². The van der Waals surface area contributed by atoms with Crippen molar-refractivity contribution in [2.75, 3.05) is 14.2 Å². The van der Waals surface area contributed by atoms with Gasteiger partial charge in [0, 0.05) is 0 Å². The van der Waals surface area contributed by atoms with Gasteiger partial charge in [-0.2, -0.15) is 5.10 Å². The molecule has 1 aliphatic rings. The van der Waals surface area contributed by atoms with E-state index in [-0.39, 0.29) is 11.5 Å². The number of phenolic OH excluding ortho intramolecular Hbond substituents is 1. The molecule has 1 aliphatic heterocycles. The highest BCUT2D eigenvalue weighted by atomic mass is 16.5. The van der Waals surface area contributed by atoms with Crippen LogP contribution in [0.4, 0.5) is 4.79 Å². The number of carbonyl (C=O) groups excluding carboxylic acids is 2. The fourth-order valence-electron chi connectivity index (χ4n) is 2.75. The van der Waals surface area contributed by atoms with Gasteiger partial charge in [-0.25, -0.2) is 4.79 Å². The molecule has 0 aromatic heterocycles. The molecule has 0 saturated carbocycles. The van der Waals surface area contributed by atoms with Crippen molar-refractivity contribution >= 4 is 18.2 Å². The number of nitrogens with one attached hydrogen (secondary N) is 1. The second-order valence-electron chi connectivity index (χ2n) is 6.08. The van der Waals surface area contributed by atoms with Gasteiger partial charge in [-0.15, -0.1) is 5.01 Å². The molecule has 1 atom stereocenters. The average Bonchev–Trinajstić information content (AvgIpc) is 2.90. The van der Waals surface area contributed by atoms with E-state index in [0.717, 1.165) is 5.01 Å². The molecule has 140 valence electrons. The summed E-state index contributed by atoms with van der Waals surface area (Å²) in [5.41, 5.74) is -0.0539. The van der Waals surface area contributed by atoms with Gasteiger partial charge in [-0.1, -0.05) is 12.1 Å². The predicted octanol–water partition coefficient (Wildman–Crippen LogP) is 2.21. The van der Waals surface area contributed by atoms with Crippen molar-refractivity contribution in [1.82, 2.24) is 10.3 Å². The molecule has 0 spiro atoms. The molecule has 27 heavy (non-hydrogen) atoms. The van der Waals surface area contributed by atoms with Gasteiger partial charge in [0.25, 0.3) is 5.91 Å². The number of carbonyl (C=O) groups is 2. The minimum absolute atomic E-state index is 0.0169. The monoisotopic (exact) mass is 369 g/mol. The van der Waals surface area contributed by atoms with E-state index in [1.54, 1.807) is 50.4 Å². The zero-order valence-corrected chi connectivity index (χ0v) is 15.1. The highest BCUT2D eigenvalue weighted by Crippen LogP contribution is 2.30. The summed E-state index contributed by atoms with van der Waals surface area (Å²) in [6.45, 7) is 1.62. The van der Waals surface area contributed by atoms with Crippen LogP contribution in [-0.4, -0.2) is 42.5 Å². The smallest absolute Gasteiger partial charge is 0.346 e. The lowest BCUT2D eigenvalue weighted by molar-refractivity contribution is -0.131. The lowest BCUT2D eigenvalue weighted by Gasteiger charge is -2.21. The Kier molecular flexibility index (Phi) is 4.72. The first-order valence-corrected chi connectivity index (χ1v) is 8.11. The van der Waals surface area contributed by atoms with Crippen LogP contribution in [0.15, 0.2) is 47.6 Å². The lowest BCUT2D eigenvalue weighted by atomic mass is 9.92. The number of hydrazone groups is 1. The molecule has 3 amide bonds. The number of hydrogen-bond acceptors (Lipinski definition) is 6. The minimum Gasteiger partial charge on any atom is -0.504 e. The van der Waals surface area contributed by atoms with Crippen molar-refractivity contribution < 1.29 is 24.2 Å². The lowest BCUT2D eigenvalue weighted by Crippen LogP contribution is -2.40. The maximum absolute atomic E-state index is 12.8. The quantitative estimate of drug-likeness (QED) is 0.622. The molecule has 0 bridgehead atoms. The Labute approximate surface area is 156 Å². The number of methoxy groups -OCH3 is 2. The predicted molar refractivity (Wildman–Crippen MR) is 98.0 cm³/mol. The van der Waals surface area contributed by atoms with Gasteiger partial charge in [0.05, 0.1) is 20.4 Å². The number of ether oxygens (including phenoxy) is 2. The Bertz CT molecular complexity index is 910. The van der Waals surface area contributed by atoms with E-state index in [0.29, 0.717) is 16.9 Å². The third-order valence-corrected chi connectivity index (χ3v) is 4.36. The summed E-state index contributed by atoms with van der Waals surface area (Å²) in [5.74, 6) is 0.394. The van der Waals surface area contributed by atoms with Crippen molar-refractivity contribution in [1.29, 1.82) is 0 Å². The van der Waals surface area contributed by atoms with E-state index in [2.05, 4.69) is 10.4 Å². The summed E-state index contributed by atoms with van der Waals surface area (Å²) in [6.07, 6.45) is 1.35. The molecule has 2 aromatic rings. The Morgan fingerprint density at radius 2 is 1.81 bits per heavy atom. The fourth-order valence-corrected chi connectivity index (χ4v) is 2.75. The molecule has 0 aliphatic carbocycles. The van der Waals surface area contributed by atoms with E-state index < -0.39 is 17.5 Å². The van der Waals surface area contributed by atoms with Gasteiger partial charge in [0.2, 0.25) is 0 Å². The molecule has 2 N–H and O–H groups in total. The summed E-state index contributed by atoms with van der Waals surface area (Å²) < 4.78 is 10.1. The number of amides is 3.